The van der Waals surface area contributed by atoms with Gasteiger partial charge in [0, 0.05) is 11.3 Å². The fourth-order valence-electron chi connectivity index (χ4n) is 3.97. The molecule has 3 N–H and O–H groups in total. The van der Waals surface area contributed by atoms with Crippen LogP contribution in [0.3, 0.4) is 0 Å². The highest BCUT2D eigenvalue weighted by Gasteiger charge is 2.53. The lowest BCUT2D eigenvalue weighted by atomic mass is 9.65. The molecule has 0 bridgehead atoms. The maximum Gasteiger partial charge on any atom is 0.414 e. The second kappa shape index (κ2) is 10.0. The van der Waals surface area contributed by atoms with Crippen LogP contribution in [-0.2, 0) is 19.7 Å². The zero-order valence-electron chi connectivity index (χ0n) is 18.7. The molecular weight excluding hydrogens is 516 g/mol. The summed E-state index contributed by atoms with van der Waals surface area (Å²) in [4.78, 5) is 35.7. The highest BCUT2D eigenvalue weighted by molar-refractivity contribution is 6.47. The average molecular weight is 534 g/mol. The second-order valence-electron chi connectivity index (χ2n) is 7.92. The third-order valence-corrected chi connectivity index (χ3v) is 6.36. The average Bonchev–Trinajstić information content (AvgIpc) is 3.11. The number of nitrogens with one attached hydrogen (secondary N) is 3. The van der Waals surface area contributed by atoms with Crippen LogP contribution in [0.2, 0.25) is 10.0 Å². The standard InChI is InChI=1S/C23H18Cl2FN5O5/c1-2-35-22(34)29-20(32)15(10-27)31-30-11-8-12(24)19(13(25)9-11)36-16-5-4-14-17(18(16)26)23(6-3-7-23)21(33)28-14/h4-5,8-9,30H,2-3,6-7H2,1H3,(H,28,33)(H,29,32,34). The van der Waals surface area contributed by atoms with Gasteiger partial charge in [0.25, 0.3) is 5.91 Å². The van der Waals surface area contributed by atoms with Crippen molar-refractivity contribution in [2.45, 2.75) is 31.6 Å². The number of benzene rings is 2. The van der Waals surface area contributed by atoms with Crippen molar-refractivity contribution in [2.24, 2.45) is 5.10 Å². The van der Waals surface area contributed by atoms with Gasteiger partial charge in [-0.3, -0.25) is 20.3 Å². The van der Waals surface area contributed by atoms with Gasteiger partial charge < -0.3 is 14.8 Å². The number of hydrazone groups is 1. The first-order valence-electron chi connectivity index (χ1n) is 10.7. The number of nitrogens with zero attached hydrogens (tertiary/aromatic N) is 2. The van der Waals surface area contributed by atoms with Gasteiger partial charge in [-0.05, 0) is 44.0 Å². The molecule has 3 amide bonds. The van der Waals surface area contributed by atoms with Crippen LogP contribution in [0, 0.1) is 17.1 Å². The van der Waals surface area contributed by atoms with Gasteiger partial charge in [0.1, 0.15) is 6.07 Å². The maximum atomic E-state index is 15.4. The Bertz CT molecular complexity index is 1330. The lowest BCUT2D eigenvalue weighted by molar-refractivity contribution is -0.123. The Morgan fingerprint density at radius 3 is 2.56 bits per heavy atom. The maximum absolute atomic E-state index is 15.4. The van der Waals surface area contributed by atoms with Gasteiger partial charge in [-0.15, -0.1) is 0 Å². The topological polar surface area (TPSA) is 142 Å². The van der Waals surface area contributed by atoms with E-state index in [4.69, 9.17) is 33.2 Å². The molecule has 2 aromatic rings. The van der Waals surface area contributed by atoms with E-state index in [1.165, 1.54) is 18.2 Å². The molecule has 1 heterocycles. The third kappa shape index (κ3) is 4.53. The van der Waals surface area contributed by atoms with Crippen LogP contribution < -0.4 is 20.8 Å². The van der Waals surface area contributed by atoms with Crippen molar-refractivity contribution in [1.82, 2.24) is 5.32 Å². The summed E-state index contributed by atoms with van der Waals surface area (Å²) >= 11 is 12.6. The van der Waals surface area contributed by atoms with Gasteiger partial charge in [0.15, 0.2) is 17.3 Å². The van der Waals surface area contributed by atoms with Crippen molar-refractivity contribution in [3.05, 3.63) is 45.7 Å². The zero-order valence-corrected chi connectivity index (χ0v) is 20.2. The molecule has 36 heavy (non-hydrogen) atoms. The number of nitriles is 1. The number of amides is 3. The SMILES string of the molecule is CCOC(=O)NC(=O)C(C#N)=NNc1cc(Cl)c(Oc2ccc3c(c2F)C2(CCC2)C(=O)N3)c(Cl)c1. The number of anilines is 2. The molecule has 1 fully saturated rings. The molecule has 0 saturated heterocycles. The highest BCUT2D eigenvalue weighted by atomic mass is 35.5. The van der Waals surface area contributed by atoms with Crippen LogP contribution in [0.15, 0.2) is 29.4 Å². The molecule has 2 aliphatic rings. The molecule has 0 aromatic heterocycles. The van der Waals surface area contributed by atoms with Gasteiger partial charge in [-0.2, -0.15) is 10.4 Å². The molecule has 186 valence electrons. The Morgan fingerprint density at radius 1 is 1.28 bits per heavy atom. The largest absolute Gasteiger partial charge is 0.451 e. The molecule has 2 aromatic carbocycles. The number of imide groups is 1. The first-order chi connectivity index (χ1) is 17.2. The summed E-state index contributed by atoms with van der Waals surface area (Å²) in [5.41, 5.74) is 1.77. The van der Waals surface area contributed by atoms with E-state index < -0.39 is 28.9 Å². The van der Waals surface area contributed by atoms with E-state index >= 15 is 4.39 Å². The minimum absolute atomic E-state index is 0.0258. The van der Waals surface area contributed by atoms with Crippen LogP contribution in [-0.4, -0.2) is 30.2 Å². The number of ether oxygens (including phenoxy) is 2. The van der Waals surface area contributed by atoms with Crippen molar-refractivity contribution in [1.29, 1.82) is 5.26 Å². The molecule has 0 radical (unpaired) electrons. The van der Waals surface area contributed by atoms with E-state index in [0.29, 0.717) is 18.5 Å². The summed E-state index contributed by atoms with van der Waals surface area (Å²) < 4.78 is 25.7. The summed E-state index contributed by atoms with van der Waals surface area (Å²) in [7, 11) is 0. The van der Waals surface area contributed by atoms with Crippen LogP contribution in [0.4, 0.5) is 20.6 Å². The minimum Gasteiger partial charge on any atom is -0.451 e. The monoisotopic (exact) mass is 533 g/mol. The second-order valence-corrected chi connectivity index (χ2v) is 8.73. The van der Waals surface area contributed by atoms with Crippen LogP contribution in [0.1, 0.15) is 31.7 Å². The number of hydrogen-bond donors (Lipinski definition) is 3. The van der Waals surface area contributed by atoms with Gasteiger partial charge in [-0.25, -0.2) is 9.18 Å². The molecule has 1 aliphatic heterocycles. The van der Waals surface area contributed by atoms with Crippen molar-refractivity contribution in [3.63, 3.8) is 0 Å². The molecule has 0 unspecified atom stereocenters. The molecule has 0 atom stereocenters. The number of halogens is 3. The molecule has 4 rings (SSSR count). The van der Waals surface area contributed by atoms with Gasteiger partial charge >= 0.3 is 6.09 Å². The Morgan fingerprint density at radius 2 is 1.97 bits per heavy atom. The van der Waals surface area contributed by atoms with Gasteiger partial charge in [-0.1, -0.05) is 29.6 Å². The van der Waals surface area contributed by atoms with Crippen molar-refractivity contribution in [3.8, 4) is 17.6 Å². The summed E-state index contributed by atoms with van der Waals surface area (Å²) in [6, 6.07) is 7.14. The molecule has 1 aliphatic carbocycles. The van der Waals surface area contributed by atoms with E-state index in [9.17, 15) is 14.4 Å². The van der Waals surface area contributed by atoms with Crippen LogP contribution in [0.25, 0.3) is 0 Å². The fraction of sp³-hybridized carbons (Fsp3) is 0.261. The molecule has 1 spiro atoms. The molecule has 1 saturated carbocycles. The van der Waals surface area contributed by atoms with E-state index in [1.807, 2.05) is 5.32 Å². The normalized spacial score (nSPS) is 15.3. The Balaban J connectivity index is 1.54. The number of carbonyl (C=O) groups excluding carboxylic acids is 3. The first-order valence-corrected chi connectivity index (χ1v) is 11.5. The highest BCUT2D eigenvalue weighted by Crippen LogP contribution is 2.53. The summed E-state index contributed by atoms with van der Waals surface area (Å²) in [6.07, 6.45) is 0.901. The molecule has 13 heteroatoms. The Hall–Kier alpha value is -3.88. The number of rotatable bonds is 6. The van der Waals surface area contributed by atoms with Crippen LogP contribution >= 0.6 is 23.2 Å². The number of fused-ring (bicyclic) bond motifs is 2. The van der Waals surface area contributed by atoms with E-state index in [2.05, 4.69) is 20.6 Å². The minimum atomic E-state index is -1.08. The Labute approximate surface area is 214 Å². The Kier molecular flexibility index (Phi) is 7.01. The third-order valence-electron chi connectivity index (χ3n) is 5.79. The summed E-state index contributed by atoms with van der Waals surface area (Å²) in [5, 5.41) is 17.3. The van der Waals surface area contributed by atoms with E-state index in [1.54, 1.807) is 19.1 Å². The zero-order chi connectivity index (χ0) is 26.0. The van der Waals surface area contributed by atoms with Gasteiger partial charge in [0.05, 0.1) is 27.8 Å². The van der Waals surface area contributed by atoms with E-state index in [0.717, 1.165) is 6.42 Å². The van der Waals surface area contributed by atoms with Gasteiger partial charge in [0.2, 0.25) is 11.6 Å². The van der Waals surface area contributed by atoms with Crippen molar-refractivity contribution in [2.75, 3.05) is 17.3 Å². The van der Waals surface area contributed by atoms with Crippen LogP contribution in [0.5, 0.6) is 11.5 Å². The summed E-state index contributed by atoms with van der Waals surface area (Å²) in [6.45, 7) is 1.58. The molecule has 10 nitrogen and oxygen atoms in total. The van der Waals surface area contributed by atoms with Crippen molar-refractivity contribution >= 4 is 58.2 Å². The van der Waals surface area contributed by atoms with Crippen molar-refractivity contribution < 1.29 is 28.2 Å². The lowest BCUT2D eigenvalue weighted by Gasteiger charge is -2.36. The van der Waals surface area contributed by atoms with E-state index in [-0.39, 0.29) is 45.3 Å². The smallest absolute Gasteiger partial charge is 0.414 e. The number of carbonyl (C=O) groups is 3. The molecular formula is C23H18Cl2FN5O5. The quantitative estimate of drug-likeness (QED) is 0.355. The number of hydrogen-bond acceptors (Lipinski definition) is 8. The first kappa shape index (κ1) is 25.2. The summed E-state index contributed by atoms with van der Waals surface area (Å²) in [5.74, 6) is -2.17. The lowest BCUT2D eigenvalue weighted by Crippen LogP contribution is -2.41. The fourth-order valence-corrected chi connectivity index (χ4v) is 4.53. The number of alkyl carbamates (subject to hydrolysis) is 1. The predicted octanol–water partition coefficient (Wildman–Crippen LogP) is 4.86. The predicted molar refractivity (Wildman–Crippen MR) is 129 cm³/mol.